The van der Waals surface area contributed by atoms with Gasteiger partial charge in [0.15, 0.2) is 5.78 Å². The molecule has 3 aromatic carbocycles. The average Bonchev–Trinajstić information content (AvgIpc) is 2.51. The molecule has 0 amide bonds. The monoisotopic (exact) mass is 258 g/mol. The molecule has 20 heavy (non-hydrogen) atoms. The fourth-order valence-electron chi connectivity index (χ4n) is 3.16. The number of rotatable bonds is 0. The Morgan fingerprint density at radius 1 is 0.750 bits per heavy atom. The van der Waals surface area contributed by atoms with E-state index in [0.717, 1.165) is 16.7 Å². The van der Waals surface area contributed by atoms with Crippen LogP contribution in [0.4, 0.5) is 0 Å². The molecule has 0 spiro atoms. The summed E-state index contributed by atoms with van der Waals surface area (Å²) in [5.74, 6) is 0.160. The van der Waals surface area contributed by atoms with Crippen LogP contribution in [-0.4, -0.2) is 5.78 Å². The maximum absolute atomic E-state index is 12.5. The zero-order valence-corrected chi connectivity index (χ0v) is 11.3. The van der Waals surface area contributed by atoms with Gasteiger partial charge < -0.3 is 0 Å². The second-order valence-electron chi connectivity index (χ2n) is 5.42. The maximum Gasteiger partial charge on any atom is 0.170 e. The van der Waals surface area contributed by atoms with Gasteiger partial charge in [-0.2, -0.15) is 0 Å². The lowest BCUT2D eigenvalue weighted by Crippen LogP contribution is -2.16. The largest absolute Gasteiger partial charge is 0.293 e. The van der Waals surface area contributed by atoms with E-state index in [0.29, 0.717) is 0 Å². The Morgan fingerprint density at radius 2 is 1.35 bits per heavy atom. The molecule has 1 nitrogen and oxygen atoms in total. The molecular weight excluding hydrogens is 244 g/mol. The van der Waals surface area contributed by atoms with Crippen molar-refractivity contribution >= 4 is 16.6 Å². The summed E-state index contributed by atoms with van der Waals surface area (Å²) in [5, 5.41) is 2.42. The number of hydrogen-bond acceptors (Lipinski definition) is 1. The average molecular weight is 258 g/mol. The molecule has 3 aromatic rings. The summed E-state index contributed by atoms with van der Waals surface area (Å²) in [6.45, 7) is 2.01. The molecule has 1 atom stereocenters. The van der Waals surface area contributed by atoms with Gasteiger partial charge in [0.05, 0.1) is 0 Å². The minimum Gasteiger partial charge on any atom is -0.293 e. The van der Waals surface area contributed by atoms with Gasteiger partial charge in [-0.1, -0.05) is 55.5 Å². The molecule has 0 N–H and O–H groups in total. The van der Waals surface area contributed by atoms with Gasteiger partial charge in [-0.3, -0.25) is 4.79 Å². The van der Waals surface area contributed by atoms with E-state index >= 15 is 0 Å². The zero-order valence-electron chi connectivity index (χ0n) is 11.3. The van der Waals surface area contributed by atoms with Gasteiger partial charge in [-0.25, -0.2) is 0 Å². The minimum absolute atomic E-state index is 0.0653. The third kappa shape index (κ3) is 1.47. The number of carbonyl (C=O) groups excluding carboxylic acids is 1. The quantitative estimate of drug-likeness (QED) is 0.565. The fraction of sp³-hybridized carbons (Fsp3) is 0.105. The molecule has 1 unspecified atom stereocenters. The predicted molar refractivity (Wildman–Crippen MR) is 82.1 cm³/mol. The third-order valence-corrected chi connectivity index (χ3v) is 4.26. The molecular formula is C19H14O. The van der Waals surface area contributed by atoms with Crippen LogP contribution in [0.2, 0.25) is 0 Å². The van der Waals surface area contributed by atoms with Crippen LogP contribution >= 0.6 is 0 Å². The summed E-state index contributed by atoms with van der Waals surface area (Å²) in [4.78, 5) is 12.5. The van der Waals surface area contributed by atoms with E-state index in [4.69, 9.17) is 0 Å². The highest BCUT2D eigenvalue weighted by Gasteiger charge is 2.28. The van der Waals surface area contributed by atoms with Gasteiger partial charge in [0, 0.05) is 11.5 Å². The highest BCUT2D eigenvalue weighted by molar-refractivity contribution is 6.11. The van der Waals surface area contributed by atoms with Crippen LogP contribution in [0, 0.1) is 0 Å². The lowest BCUT2D eigenvalue weighted by molar-refractivity contribution is 0.0965. The summed E-state index contributed by atoms with van der Waals surface area (Å²) < 4.78 is 0. The van der Waals surface area contributed by atoms with Gasteiger partial charge in [0.25, 0.3) is 0 Å². The van der Waals surface area contributed by atoms with Gasteiger partial charge >= 0.3 is 0 Å². The van der Waals surface area contributed by atoms with Gasteiger partial charge in [0.2, 0.25) is 0 Å². The van der Waals surface area contributed by atoms with Crippen molar-refractivity contribution in [3.63, 3.8) is 0 Å². The smallest absolute Gasteiger partial charge is 0.170 e. The Kier molecular flexibility index (Phi) is 2.31. The van der Waals surface area contributed by atoms with Crippen LogP contribution in [0.3, 0.4) is 0 Å². The van der Waals surface area contributed by atoms with Crippen molar-refractivity contribution in [1.82, 2.24) is 0 Å². The Bertz CT molecular complexity index is 845. The summed E-state index contributed by atoms with van der Waals surface area (Å²) in [5.41, 5.74) is 4.26. The number of Topliss-reactive ketones (excluding diaryl/α,β-unsaturated/α-hetero) is 1. The molecule has 1 heteroatoms. The lowest BCUT2D eigenvalue weighted by atomic mass is 9.78. The number of hydrogen-bond donors (Lipinski definition) is 0. The van der Waals surface area contributed by atoms with E-state index in [1.54, 1.807) is 0 Å². The van der Waals surface area contributed by atoms with E-state index in [9.17, 15) is 4.79 Å². The van der Waals surface area contributed by atoms with E-state index in [1.807, 2.05) is 37.3 Å². The van der Waals surface area contributed by atoms with Gasteiger partial charge in [0.1, 0.15) is 0 Å². The topological polar surface area (TPSA) is 17.1 Å². The summed E-state index contributed by atoms with van der Waals surface area (Å²) in [6, 6.07) is 20.6. The molecule has 0 saturated carbocycles. The van der Waals surface area contributed by atoms with Crippen molar-refractivity contribution in [2.24, 2.45) is 0 Å². The van der Waals surface area contributed by atoms with Crippen LogP contribution in [0.25, 0.3) is 21.9 Å². The molecule has 0 fully saturated rings. The Hall–Kier alpha value is -2.41. The summed E-state index contributed by atoms with van der Waals surface area (Å²) >= 11 is 0. The molecule has 1 aliphatic carbocycles. The van der Waals surface area contributed by atoms with Crippen molar-refractivity contribution in [1.29, 1.82) is 0 Å². The van der Waals surface area contributed by atoms with Crippen LogP contribution in [0.15, 0.2) is 60.7 Å². The number of benzene rings is 3. The highest BCUT2D eigenvalue weighted by atomic mass is 16.1. The second-order valence-corrected chi connectivity index (χ2v) is 5.42. The SMILES string of the molecule is CC1C(=O)c2ccccc2-c2cc3ccccc3cc21. The second kappa shape index (κ2) is 4.04. The first kappa shape index (κ1) is 11.4. The molecule has 96 valence electrons. The van der Waals surface area contributed by atoms with Crippen LogP contribution in [0.5, 0.6) is 0 Å². The number of ketones is 1. The minimum atomic E-state index is -0.0653. The number of fused-ring (bicyclic) bond motifs is 4. The Balaban J connectivity index is 2.12. The highest BCUT2D eigenvalue weighted by Crippen LogP contribution is 2.41. The molecule has 0 heterocycles. The molecule has 0 saturated heterocycles. The third-order valence-electron chi connectivity index (χ3n) is 4.26. The molecule has 4 rings (SSSR count). The lowest BCUT2D eigenvalue weighted by Gasteiger charge is -2.24. The van der Waals surface area contributed by atoms with E-state index in [1.165, 1.54) is 16.3 Å². The van der Waals surface area contributed by atoms with Crippen molar-refractivity contribution < 1.29 is 4.79 Å². The van der Waals surface area contributed by atoms with E-state index in [2.05, 4.69) is 30.3 Å². The molecule has 0 aromatic heterocycles. The number of carbonyl (C=O) groups is 1. The fourth-order valence-corrected chi connectivity index (χ4v) is 3.16. The molecule has 0 bridgehead atoms. The summed E-state index contributed by atoms with van der Waals surface area (Å²) in [6.07, 6.45) is 0. The first-order valence-corrected chi connectivity index (χ1v) is 6.92. The van der Waals surface area contributed by atoms with Crippen LogP contribution < -0.4 is 0 Å². The Labute approximate surface area is 117 Å². The first-order chi connectivity index (χ1) is 9.75. The predicted octanol–water partition coefficient (Wildman–Crippen LogP) is 4.81. The zero-order chi connectivity index (χ0) is 13.7. The van der Waals surface area contributed by atoms with Crippen molar-refractivity contribution in [3.05, 3.63) is 71.8 Å². The maximum atomic E-state index is 12.5. The standard InChI is InChI=1S/C19H14O/c1-12-17-10-13-6-2-3-7-14(13)11-18(17)15-8-4-5-9-16(15)19(12)20/h2-12H,1H3. The van der Waals surface area contributed by atoms with Crippen molar-refractivity contribution in [3.8, 4) is 11.1 Å². The summed E-state index contributed by atoms with van der Waals surface area (Å²) in [7, 11) is 0. The molecule has 0 radical (unpaired) electrons. The molecule has 1 aliphatic rings. The first-order valence-electron chi connectivity index (χ1n) is 6.92. The van der Waals surface area contributed by atoms with Crippen LogP contribution in [0.1, 0.15) is 28.8 Å². The van der Waals surface area contributed by atoms with Gasteiger partial charge in [-0.15, -0.1) is 0 Å². The Morgan fingerprint density at radius 3 is 2.10 bits per heavy atom. The van der Waals surface area contributed by atoms with E-state index < -0.39 is 0 Å². The van der Waals surface area contributed by atoms with Gasteiger partial charge in [-0.05, 0) is 39.6 Å². The van der Waals surface area contributed by atoms with Crippen molar-refractivity contribution in [2.45, 2.75) is 12.8 Å². The van der Waals surface area contributed by atoms with E-state index in [-0.39, 0.29) is 11.7 Å². The normalized spacial score (nSPS) is 16.9. The van der Waals surface area contributed by atoms with Crippen molar-refractivity contribution in [2.75, 3.05) is 0 Å². The molecule has 0 aliphatic heterocycles. The van der Waals surface area contributed by atoms with Crippen LogP contribution in [-0.2, 0) is 0 Å².